The number of carbonyl (C=O) groups is 1. The minimum absolute atomic E-state index is 0.104. The largest absolute Gasteiger partial charge is 0.481 e. The second-order valence-electron chi connectivity index (χ2n) is 5.68. The van der Waals surface area contributed by atoms with Crippen LogP contribution in [0.15, 0.2) is 36.7 Å². The lowest BCUT2D eigenvalue weighted by Gasteiger charge is -2.13. The summed E-state index contributed by atoms with van der Waals surface area (Å²) in [5.74, 6) is 0.323. The van der Waals surface area contributed by atoms with Crippen LogP contribution in [0.1, 0.15) is 36.2 Å². The fraction of sp³-hybridized carbons (Fsp3) is 0.375. The van der Waals surface area contributed by atoms with Gasteiger partial charge in [-0.05, 0) is 24.0 Å². The Morgan fingerprint density at radius 2 is 2.05 bits per heavy atom. The maximum absolute atomic E-state index is 10.9. The summed E-state index contributed by atoms with van der Waals surface area (Å²) in [7, 11) is 1.99. The van der Waals surface area contributed by atoms with E-state index >= 15 is 0 Å². The Morgan fingerprint density at radius 1 is 1.35 bits per heavy atom. The van der Waals surface area contributed by atoms with Crippen molar-refractivity contribution in [2.24, 2.45) is 7.05 Å². The smallest absolute Gasteiger partial charge is 0.304 e. The molecule has 0 atom stereocenters. The summed E-state index contributed by atoms with van der Waals surface area (Å²) in [6.07, 6.45) is 6.75. The molecule has 104 valence electrons. The summed E-state index contributed by atoms with van der Waals surface area (Å²) < 4.78 is 2.01. The highest BCUT2D eigenvalue weighted by atomic mass is 16.4. The molecule has 1 heterocycles. The number of hydrogen-bond acceptors (Lipinski definition) is 2. The van der Waals surface area contributed by atoms with Crippen molar-refractivity contribution in [1.82, 2.24) is 9.55 Å². The molecule has 3 rings (SSSR count). The van der Waals surface area contributed by atoms with E-state index in [1.54, 1.807) is 6.20 Å². The third-order valence-corrected chi connectivity index (χ3v) is 4.19. The van der Waals surface area contributed by atoms with E-state index < -0.39 is 5.97 Å². The summed E-state index contributed by atoms with van der Waals surface area (Å²) in [6.45, 7) is 0. The molecule has 1 aromatic heterocycles. The monoisotopic (exact) mass is 270 g/mol. The Kier molecular flexibility index (Phi) is 3.08. The Bertz CT molecular complexity index is 624. The van der Waals surface area contributed by atoms with Gasteiger partial charge in [-0.2, -0.15) is 0 Å². The quantitative estimate of drug-likeness (QED) is 0.908. The molecule has 1 aliphatic carbocycles. The molecule has 1 aromatic carbocycles. The molecule has 1 saturated carbocycles. The number of imidazole rings is 1. The normalized spacial score (nSPS) is 16.1. The van der Waals surface area contributed by atoms with E-state index in [1.807, 2.05) is 17.8 Å². The van der Waals surface area contributed by atoms with Crippen LogP contribution in [0.4, 0.5) is 0 Å². The molecule has 4 nitrogen and oxygen atoms in total. The minimum atomic E-state index is -0.709. The lowest BCUT2D eigenvalue weighted by Crippen LogP contribution is -2.12. The van der Waals surface area contributed by atoms with Crippen molar-refractivity contribution >= 4 is 5.97 Å². The molecule has 1 aliphatic rings. The molecule has 20 heavy (non-hydrogen) atoms. The van der Waals surface area contributed by atoms with Gasteiger partial charge < -0.3 is 9.67 Å². The summed E-state index contributed by atoms with van der Waals surface area (Å²) in [5, 5.41) is 9.00. The van der Waals surface area contributed by atoms with Crippen molar-refractivity contribution in [2.45, 2.75) is 31.1 Å². The average molecular weight is 270 g/mol. The SMILES string of the molecule is Cn1ccnc1Cc1ccc(C2(CC(=O)O)CC2)cc1. The number of aliphatic carboxylic acids is 1. The molecule has 0 spiro atoms. The Balaban J connectivity index is 1.75. The van der Waals surface area contributed by atoms with Crippen molar-refractivity contribution in [2.75, 3.05) is 0 Å². The zero-order valence-corrected chi connectivity index (χ0v) is 11.5. The topological polar surface area (TPSA) is 55.1 Å². The first-order valence-electron chi connectivity index (χ1n) is 6.86. The van der Waals surface area contributed by atoms with Gasteiger partial charge >= 0.3 is 5.97 Å². The van der Waals surface area contributed by atoms with Crippen molar-refractivity contribution < 1.29 is 9.90 Å². The Hall–Kier alpha value is -2.10. The van der Waals surface area contributed by atoms with E-state index in [1.165, 1.54) is 5.56 Å². The summed E-state index contributed by atoms with van der Waals surface area (Å²) in [5.41, 5.74) is 2.26. The number of aromatic nitrogens is 2. The van der Waals surface area contributed by atoms with Crippen LogP contribution < -0.4 is 0 Å². The lowest BCUT2D eigenvalue weighted by molar-refractivity contribution is -0.137. The zero-order valence-electron chi connectivity index (χ0n) is 11.5. The van der Waals surface area contributed by atoms with Crippen LogP contribution >= 0.6 is 0 Å². The number of hydrogen-bond donors (Lipinski definition) is 1. The number of rotatable bonds is 5. The standard InChI is InChI=1S/C16H18N2O2/c1-18-9-8-17-14(18)10-12-2-4-13(5-3-12)16(6-7-16)11-15(19)20/h2-5,8-9H,6-7,10-11H2,1H3,(H,19,20). The van der Waals surface area contributed by atoms with Gasteiger partial charge in [0.2, 0.25) is 0 Å². The van der Waals surface area contributed by atoms with Gasteiger partial charge in [-0.3, -0.25) is 4.79 Å². The highest BCUT2D eigenvalue weighted by Gasteiger charge is 2.45. The fourth-order valence-electron chi connectivity index (χ4n) is 2.73. The summed E-state index contributed by atoms with van der Waals surface area (Å²) in [4.78, 5) is 15.3. The Morgan fingerprint density at radius 3 is 2.55 bits per heavy atom. The molecule has 0 unspecified atom stereocenters. The van der Waals surface area contributed by atoms with E-state index in [0.717, 1.165) is 30.7 Å². The highest BCUT2D eigenvalue weighted by molar-refractivity contribution is 5.70. The lowest BCUT2D eigenvalue weighted by atomic mass is 9.91. The number of carboxylic acid groups (broad SMARTS) is 1. The minimum Gasteiger partial charge on any atom is -0.481 e. The first-order valence-corrected chi connectivity index (χ1v) is 6.86. The first-order chi connectivity index (χ1) is 9.59. The molecule has 0 saturated heterocycles. The van der Waals surface area contributed by atoms with E-state index in [-0.39, 0.29) is 11.8 Å². The number of benzene rings is 1. The first kappa shape index (κ1) is 12.9. The molecule has 0 bridgehead atoms. The predicted molar refractivity (Wildman–Crippen MR) is 75.6 cm³/mol. The van der Waals surface area contributed by atoms with Crippen LogP contribution in [-0.4, -0.2) is 20.6 Å². The maximum Gasteiger partial charge on any atom is 0.304 e. The molecular formula is C16H18N2O2. The third-order valence-electron chi connectivity index (χ3n) is 4.19. The predicted octanol–water partition coefficient (Wildman–Crippen LogP) is 2.52. The number of carboxylic acids is 1. The second-order valence-corrected chi connectivity index (χ2v) is 5.68. The molecule has 0 aliphatic heterocycles. The zero-order chi connectivity index (χ0) is 14.2. The van der Waals surface area contributed by atoms with E-state index in [4.69, 9.17) is 5.11 Å². The van der Waals surface area contributed by atoms with Crippen molar-refractivity contribution in [3.8, 4) is 0 Å². The van der Waals surface area contributed by atoms with Crippen LogP contribution in [0.3, 0.4) is 0 Å². The molecule has 4 heteroatoms. The van der Waals surface area contributed by atoms with Crippen molar-refractivity contribution in [3.63, 3.8) is 0 Å². The Labute approximate surface area is 118 Å². The van der Waals surface area contributed by atoms with Gasteiger partial charge in [0.25, 0.3) is 0 Å². The van der Waals surface area contributed by atoms with Gasteiger partial charge in [-0.25, -0.2) is 4.98 Å². The summed E-state index contributed by atoms with van der Waals surface area (Å²) in [6, 6.07) is 8.33. The van der Waals surface area contributed by atoms with Crippen LogP contribution in [0.5, 0.6) is 0 Å². The van der Waals surface area contributed by atoms with Crippen LogP contribution in [0, 0.1) is 0 Å². The van der Waals surface area contributed by atoms with E-state index in [0.29, 0.717) is 0 Å². The molecule has 1 N–H and O–H groups in total. The second kappa shape index (κ2) is 4.78. The van der Waals surface area contributed by atoms with Gasteiger partial charge in [-0.1, -0.05) is 24.3 Å². The highest BCUT2D eigenvalue weighted by Crippen LogP contribution is 2.51. The molecule has 1 fully saturated rings. The maximum atomic E-state index is 10.9. The van der Waals surface area contributed by atoms with Gasteiger partial charge in [0.1, 0.15) is 5.82 Å². The molecule has 0 amide bonds. The summed E-state index contributed by atoms with van der Waals surface area (Å²) >= 11 is 0. The molecule has 0 radical (unpaired) electrons. The van der Waals surface area contributed by atoms with Crippen molar-refractivity contribution in [1.29, 1.82) is 0 Å². The third kappa shape index (κ3) is 2.46. The van der Waals surface area contributed by atoms with Gasteiger partial charge in [0.15, 0.2) is 0 Å². The van der Waals surface area contributed by atoms with E-state index in [2.05, 4.69) is 29.2 Å². The fourth-order valence-corrected chi connectivity index (χ4v) is 2.73. The van der Waals surface area contributed by atoms with Gasteiger partial charge in [0, 0.05) is 31.3 Å². The average Bonchev–Trinajstić information content (AvgIpc) is 3.07. The molecule has 2 aromatic rings. The number of aryl methyl sites for hydroxylation is 1. The van der Waals surface area contributed by atoms with E-state index in [9.17, 15) is 4.79 Å². The molecular weight excluding hydrogens is 252 g/mol. The van der Waals surface area contributed by atoms with Crippen molar-refractivity contribution in [3.05, 3.63) is 53.6 Å². The van der Waals surface area contributed by atoms with Crippen LogP contribution in [0.25, 0.3) is 0 Å². The van der Waals surface area contributed by atoms with Gasteiger partial charge in [0.05, 0.1) is 6.42 Å². The van der Waals surface area contributed by atoms with Crippen LogP contribution in [-0.2, 0) is 23.7 Å². The number of nitrogens with zero attached hydrogens (tertiary/aromatic N) is 2. The van der Waals surface area contributed by atoms with Crippen LogP contribution in [0.2, 0.25) is 0 Å². The van der Waals surface area contributed by atoms with Gasteiger partial charge in [-0.15, -0.1) is 0 Å².